The van der Waals surface area contributed by atoms with Crippen LogP contribution in [0.5, 0.6) is 11.5 Å². The Morgan fingerprint density at radius 2 is 1.52 bits per heavy atom. The van der Waals surface area contributed by atoms with Crippen molar-refractivity contribution in [2.45, 2.75) is 39.2 Å². The smallest absolute Gasteiger partial charge is 0.338 e. The van der Waals surface area contributed by atoms with E-state index in [9.17, 15) is 19.5 Å². The van der Waals surface area contributed by atoms with Crippen LogP contribution in [0.15, 0.2) is 72.3 Å². The Hall–Kier alpha value is -4.59. The molecule has 0 saturated carbocycles. The first-order valence-electron chi connectivity index (χ1n) is 12.9. The summed E-state index contributed by atoms with van der Waals surface area (Å²) in [6.45, 7) is 8.00. The summed E-state index contributed by atoms with van der Waals surface area (Å²) in [5.74, 6) is -1.14. The van der Waals surface area contributed by atoms with Crippen molar-refractivity contribution in [3.05, 3.63) is 94.6 Å². The Morgan fingerprint density at radius 1 is 0.900 bits per heavy atom. The van der Waals surface area contributed by atoms with Gasteiger partial charge in [-0.3, -0.25) is 14.5 Å². The van der Waals surface area contributed by atoms with Crippen molar-refractivity contribution in [3.63, 3.8) is 0 Å². The molecule has 0 aromatic heterocycles. The first-order valence-corrected chi connectivity index (χ1v) is 12.9. The van der Waals surface area contributed by atoms with Gasteiger partial charge in [-0.25, -0.2) is 4.79 Å². The van der Waals surface area contributed by atoms with Crippen LogP contribution in [0.1, 0.15) is 60.8 Å². The average Bonchev–Trinajstić information content (AvgIpc) is 3.22. The average molecular weight is 544 g/mol. The maximum Gasteiger partial charge on any atom is 0.338 e. The molecule has 3 aromatic carbocycles. The summed E-state index contributed by atoms with van der Waals surface area (Å²) in [6, 6.07) is 17.4. The number of benzene rings is 3. The van der Waals surface area contributed by atoms with Gasteiger partial charge >= 0.3 is 5.97 Å². The number of hydrogen-bond acceptors (Lipinski definition) is 7. The van der Waals surface area contributed by atoms with Crippen LogP contribution in [0.4, 0.5) is 5.69 Å². The van der Waals surface area contributed by atoms with Gasteiger partial charge < -0.3 is 19.3 Å². The molecule has 1 atom stereocenters. The van der Waals surface area contributed by atoms with E-state index in [0.717, 1.165) is 5.56 Å². The molecule has 40 heavy (non-hydrogen) atoms. The van der Waals surface area contributed by atoms with Gasteiger partial charge in [-0.05, 0) is 72.5 Å². The van der Waals surface area contributed by atoms with E-state index in [1.807, 2.05) is 20.8 Å². The van der Waals surface area contributed by atoms with E-state index in [-0.39, 0.29) is 23.4 Å². The lowest BCUT2D eigenvalue weighted by atomic mass is 9.84. The molecule has 0 radical (unpaired) electrons. The molecule has 8 heteroatoms. The molecule has 0 bridgehead atoms. The molecule has 4 rings (SSSR count). The zero-order chi connectivity index (χ0) is 29.2. The quantitative estimate of drug-likeness (QED) is 0.174. The molecule has 3 aromatic rings. The van der Waals surface area contributed by atoms with Crippen molar-refractivity contribution in [1.29, 1.82) is 0 Å². The SMILES string of the molecule is CCOC(=O)c1ccc(N2C(=O)C(=O)/C(=C(\O)c3ccc(OC)c(C(C)(C)C)c3)C2c2ccc(OC)cc2)cc1. The molecule has 1 unspecified atom stereocenters. The summed E-state index contributed by atoms with van der Waals surface area (Å²) in [6.07, 6.45) is 0. The number of rotatable bonds is 7. The Morgan fingerprint density at radius 3 is 2.08 bits per heavy atom. The summed E-state index contributed by atoms with van der Waals surface area (Å²) in [5, 5.41) is 11.6. The number of carbonyl (C=O) groups excluding carboxylic acids is 3. The second kappa shape index (κ2) is 11.3. The van der Waals surface area contributed by atoms with Crippen LogP contribution >= 0.6 is 0 Å². The number of hydrogen-bond donors (Lipinski definition) is 1. The fraction of sp³-hybridized carbons (Fsp3) is 0.281. The minimum Gasteiger partial charge on any atom is -0.507 e. The van der Waals surface area contributed by atoms with Crippen molar-refractivity contribution >= 4 is 29.1 Å². The predicted molar refractivity (Wildman–Crippen MR) is 152 cm³/mol. The molecule has 0 spiro atoms. The Balaban J connectivity index is 1.90. The third-order valence-corrected chi connectivity index (χ3v) is 6.81. The molecular formula is C32H33NO7. The number of carbonyl (C=O) groups is 3. The van der Waals surface area contributed by atoms with Crippen LogP contribution in [0.25, 0.3) is 5.76 Å². The van der Waals surface area contributed by atoms with Crippen molar-refractivity contribution in [2.75, 3.05) is 25.7 Å². The normalized spacial score (nSPS) is 16.6. The number of ether oxygens (including phenoxy) is 3. The topological polar surface area (TPSA) is 102 Å². The largest absolute Gasteiger partial charge is 0.507 e. The van der Waals surface area contributed by atoms with Gasteiger partial charge in [0.2, 0.25) is 0 Å². The lowest BCUT2D eigenvalue weighted by Crippen LogP contribution is -2.29. The monoisotopic (exact) mass is 543 g/mol. The number of esters is 1. The fourth-order valence-corrected chi connectivity index (χ4v) is 4.77. The number of amides is 1. The van der Waals surface area contributed by atoms with Gasteiger partial charge in [-0.15, -0.1) is 0 Å². The molecule has 1 aliphatic rings. The van der Waals surface area contributed by atoms with E-state index < -0.39 is 23.7 Å². The Labute approximate surface area is 233 Å². The van der Waals surface area contributed by atoms with Crippen LogP contribution in [0.3, 0.4) is 0 Å². The van der Waals surface area contributed by atoms with Gasteiger partial charge in [0, 0.05) is 16.8 Å². The zero-order valence-corrected chi connectivity index (χ0v) is 23.5. The van der Waals surface area contributed by atoms with Crippen molar-refractivity contribution in [2.24, 2.45) is 0 Å². The van der Waals surface area contributed by atoms with Gasteiger partial charge in [-0.2, -0.15) is 0 Å². The van der Waals surface area contributed by atoms with E-state index in [4.69, 9.17) is 14.2 Å². The molecule has 0 aliphatic carbocycles. The highest BCUT2D eigenvalue weighted by molar-refractivity contribution is 6.51. The minimum atomic E-state index is -0.931. The highest BCUT2D eigenvalue weighted by atomic mass is 16.5. The molecule has 1 amide bonds. The summed E-state index contributed by atoms with van der Waals surface area (Å²) < 4.78 is 15.9. The van der Waals surface area contributed by atoms with Gasteiger partial charge in [0.15, 0.2) is 0 Å². The van der Waals surface area contributed by atoms with Crippen molar-refractivity contribution in [3.8, 4) is 11.5 Å². The maximum atomic E-state index is 13.5. The molecule has 8 nitrogen and oxygen atoms in total. The number of aliphatic hydroxyl groups is 1. The Kier molecular flexibility index (Phi) is 8.00. The second-order valence-electron chi connectivity index (χ2n) is 10.4. The van der Waals surface area contributed by atoms with Gasteiger partial charge in [0.1, 0.15) is 17.3 Å². The number of nitrogens with zero attached hydrogens (tertiary/aromatic N) is 1. The third kappa shape index (κ3) is 5.30. The highest BCUT2D eigenvalue weighted by Gasteiger charge is 2.47. The van der Waals surface area contributed by atoms with Crippen LogP contribution in [-0.2, 0) is 19.7 Å². The molecule has 1 heterocycles. The molecule has 1 N–H and O–H groups in total. The van der Waals surface area contributed by atoms with E-state index in [2.05, 4.69) is 0 Å². The molecule has 1 fully saturated rings. The van der Waals surface area contributed by atoms with Gasteiger partial charge in [0.05, 0.1) is 38.0 Å². The van der Waals surface area contributed by atoms with E-state index in [1.54, 1.807) is 75.7 Å². The van der Waals surface area contributed by atoms with Crippen LogP contribution < -0.4 is 14.4 Å². The maximum absolute atomic E-state index is 13.5. The summed E-state index contributed by atoms with van der Waals surface area (Å²) in [7, 11) is 3.12. The van der Waals surface area contributed by atoms with Crippen LogP contribution in [0, 0.1) is 0 Å². The first-order chi connectivity index (χ1) is 19.0. The first kappa shape index (κ1) is 28.4. The van der Waals surface area contributed by atoms with Crippen LogP contribution in [0.2, 0.25) is 0 Å². The van der Waals surface area contributed by atoms with Crippen molar-refractivity contribution < 1.29 is 33.7 Å². The number of Topliss-reactive ketones (excluding diaryl/α,β-unsaturated/α-hetero) is 1. The zero-order valence-electron chi connectivity index (χ0n) is 23.5. The van der Waals surface area contributed by atoms with Crippen molar-refractivity contribution in [1.82, 2.24) is 0 Å². The minimum absolute atomic E-state index is 0.0466. The third-order valence-electron chi connectivity index (χ3n) is 6.81. The second-order valence-corrected chi connectivity index (χ2v) is 10.4. The Bertz CT molecular complexity index is 1460. The standard InChI is InChI=1S/C32H33NO7/c1-7-40-31(37)20-8-13-22(14-9-20)33-27(19-10-15-23(38-5)16-11-19)26(29(35)30(33)36)28(34)21-12-17-25(39-6)24(18-21)32(2,3)4/h8-18,27,34H,7H2,1-6H3/b28-26-. The fourth-order valence-electron chi connectivity index (χ4n) is 4.77. The highest BCUT2D eigenvalue weighted by Crippen LogP contribution is 2.43. The molecule has 208 valence electrons. The molecule has 1 aliphatic heterocycles. The lowest BCUT2D eigenvalue weighted by Gasteiger charge is -2.26. The predicted octanol–water partition coefficient (Wildman–Crippen LogP) is 5.80. The molecular weight excluding hydrogens is 510 g/mol. The number of methoxy groups -OCH3 is 2. The summed E-state index contributed by atoms with van der Waals surface area (Å²) in [4.78, 5) is 40.5. The lowest BCUT2D eigenvalue weighted by molar-refractivity contribution is -0.132. The van der Waals surface area contributed by atoms with E-state index in [0.29, 0.717) is 33.9 Å². The summed E-state index contributed by atoms with van der Waals surface area (Å²) >= 11 is 0. The van der Waals surface area contributed by atoms with E-state index >= 15 is 0 Å². The van der Waals surface area contributed by atoms with Gasteiger partial charge in [-0.1, -0.05) is 32.9 Å². The number of anilines is 1. The van der Waals surface area contributed by atoms with Gasteiger partial charge in [0.25, 0.3) is 11.7 Å². The summed E-state index contributed by atoms with van der Waals surface area (Å²) in [5.41, 5.74) is 2.17. The van der Waals surface area contributed by atoms with E-state index in [1.165, 1.54) is 17.0 Å². The molecule has 1 saturated heterocycles. The number of aliphatic hydroxyl groups excluding tert-OH is 1. The van der Waals surface area contributed by atoms with Crippen LogP contribution in [-0.4, -0.2) is 43.6 Å². The number of ketones is 1.